The molecule has 0 aromatic carbocycles. The van der Waals surface area contributed by atoms with E-state index in [1.807, 2.05) is 0 Å². The molecule has 1 aromatic rings. The van der Waals surface area contributed by atoms with Crippen LogP contribution in [0.4, 0.5) is 13.2 Å². The van der Waals surface area contributed by atoms with Gasteiger partial charge in [0, 0.05) is 12.7 Å². The zero-order chi connectivity index (χ0) is 12.3. The first kappa shape index (κ1) is 12.5. The van der Waals surface area contributed by atoms with E-state index in [9.17, 15) is 18.0 Å². The Hall–Kier alpha value is -1.53. The van der Waals surface area contributed by atoms with Crippen molar-refractivity contribution in [2.75, 3.05) is 6.54 Å². The van der Waals surface area contributed by atoms with Crippen molar-refractivity contribution >= 4 is 5.91 Å². The molecule has 0 saturated carbocycles. The van der Waals surface area contributed by atoms with Gasteiger partial charge in [0.2, 0.25) is 5.91 Å². The number of carbonyl (C=O) groups is 1. The second kappa shape index (κ2) is 4.54. The molecule has 0 saturated heterocycles. The van der Waals surface area contributed by atoms with E-state index in [2.05, 4.69) is 10.4 Å². The first-order valence-corrected chi connectivity index (χ1v) is 4.76. The molecule has 0 aliphatic carbocycles. The quantitative estimate of drug-likeness (QED) is 0.864. The fraction of sp³-hybridized carbons (Fsp3) is 0.556. The number of nitrogens with zero attached hydrogens (tertiary/aromatic N) is 2. The molecular weight excluding hydrogens is 223 g/mol. The number of hydrogen-bond acceptors (Lipinski definition) is 2. The third-order valence-electron chi connectivity index (χ3n) is 2.03. The van der Waals surface area contributed by atoms with Gasteiger partial charge in [0.05, 0.1) is 0 Å². The van der Waals surface area contributed by atoms with Crippen LogP contribution in [0.3, 0.4) is 0 Å². The van der Waals surface area contributed by atoms with Crippen LogP contribution in [0.15, 0.2) is 12.3 Å². The molecule has 0 bridgehead atoms. The van der Waals surface area contributed by atoms with Crippen LogP contribution in [0.1, 0.15) is 25.6 Å². The van der Waals surface area contributed by atoms with Gasteiger partial charge in [-0.1, -0.05) is 0 Å². The van der Waals surface area contributed by atoms with Gasteiger partial charge in [0.1, 0.15) is 6.04 Å². The van der Waals surface area contributed by atoms with Gasteiger partial charge < -0.3 is 5.32 Å². The van der Waals surface area contributed by atoms with E-state index in [0.717, 1.165) is 16.9 Å². The predicted molar refractivity (Wildman–Crippen MR) is 50.6 cm³/mol. The van der Waals surface area contributed by atoms with Crippen molar-refractivity contribution in [2.24, 2.45) is 0 Å². The Morgan fingerprint density at radius 1 is 1.62 bits per heavy atom. The predicted octanol–water partition coefficient (Wildman–Crippen LogP) is 1.60. The van der Waals surface area contributed by atoms with Crippen LogP contribution in [0.2, 0.25) is 0 Å². The van der Waals surface area contributed by atoms with Crippen molar-refractivity contribution in [2.45, 2.75) is 26.1 Å². The number of likely N-dealkylation sites (N-methyl/N-ethyl adjacent to an activating group) is 1. The third-order valence-corrected chi connectivity index (χ3v) is 2.03. The standard InChI is InChI=1S/C9H12F3N3O/c1-3-13-8(16)6(2)15-5-4-7(14-15)9(10,11)12/h4-6H,3H2,1-2H3,(H,13,16). The normalized spacial score (nSPS) is 13.6. The zero-order valence-electron chi connectivity index (χ0n) is 8.88. The smallest absolute Gasteiger partial charge is 0.355 e. The molecule has 1 aromatic heterocycles. The van der Waals surface area contributed by atoms with E-state index in [0.29, 0.717) is 6.54 Å². The Morgan fingerprint density at radius 2 is 2.25 bits per heavy atom. The number of amides is 1. The lowest BCUT2D eigenvalue weighted by Gasteiger charge is -2.11. The molecule has 16 heavy (non-hydrogen) atoms. The van der Waals surface area contributed by atoms with E-state index in [4.69, 9.17) is 0 Å². The highest BCUT2D eigenvalue weighted by Gasteiger charge is 2.34. The number of rotatable bonds is 3. The summed E-state index contributed by atoms with van der Waals surface area (Å²) in [5.74, 6) is -0.362. The fourth-order valence-electron chi connectivity index (χ4n) is 1.15. The van der Waals surface area contributed by atoms with Crippen LogP contribution in [0, 0.1) is 0 Å². The Balaban J connectivity index is 2.82. The molecular formula is C9H12F3N3O. The highest BCUT2D eigenvalue weighted by atomic mass is 19.4. The molecule has 90 valence electrons. The molecule has 1 atom stereocenters. The average molecular weight is 235 g/mol. The third kappa shape index (κ3) is 2.74. The maximum Gasteiger partial charge on any atom is 0.435 e. The first-order valence-electron chi connectivity index (χ1n) is 4.76. The fourth-order valence-corrected chi connectivity index (χ4v) is 1.15. The van der Waals surface area contributed by atoms with Crippen molar-refractivity contribution < 1.29 is 18.0 Å². The van der Waals surface area contributed by atoms with Crippen LogP contribution < -0.4 is 5.32 Å². The van der Waals surface area contributed by atoms with Crippen molar-refractivity contribution in [3.05, 3.63) is 18.0 Å². The Bertz CT molecular complexity index is 372. The summed E-state index contributed by atoms with van der Waals surface area (Å²) in [7, 11) is 0. The van der Waals surface area contributed by atoms with Crippen molar-refractivity contribution in [1.82, 2.24) is 15.1 Å². The molecule has 0 radical (unpaired) electrons. The number of hydrogen-bond donors (Lipinski definition) is 1. The summed E-state index contributed by atoms with van der Waals surface area (Å²) >= 11 is 0. The number of carbonyl (C=O) groups excluding carboxylic acids is 1. The van der Waals surface area contributed by atoms with Crippen LogP contribution in [-0.4, -0.2) is 22.2 Å². The van der Waals surface area contributed by atoms with E-state index < -0.39 is 17.9 Å². The molecule has 1 rings (SSSR count). The summed E-state index contributed by atoms with van der Waals surface area (Å²) in [6.07, 6.45) is -3.34. The van der Waals surface area contributed by atoms with Crippen molar-refractivity contribution in [3.8, 4) is 0 Å². The minimum Gasteiger partial charge on any atom is -0.355 e. The Labute approximate surface area is 90.4 Å². The van der Waals surface area contributed by atoms with E-state index in [1.54, 1.807) is 6.92 Å². The van der Waals surface area contributed by atoms with Crippen molar-refractivity contribution in [3.63, 3.8) is 0 Å². The Kier molecular flexibility index (Phi) is 3.56. The van der Waals surface area contributed by atoms with Gasteiger partial charge in [-0.25, -0.2) is 0 Å². The highest BCUT2D eigenvalue weighted by Crippen LogP contribution is 2.27. The topological polar surface area (TPSA) is 46.9 Å². The van der Waals surface area contributed by atoms with Gasteiger partial charge in [0.25, 0.3) is 0 Å². The van der Waals surface area contributed by atoms with Gasteiger partial charge in [0.15, 0.2) is 5.69 Å². The summed E-state index contributed by atoms with van der Waals surface area (Å²) in [5.41, 5.74) is -0.997. The average Bonchev–Trinajstić information content (AvgIpc) is 2.65. The largest absolute Gasteiger partial charge is 0.435 e. The van der Waals surface area contributed by atoms with Gasteiger partial charge in [-0.3, -0.25) is 9.48 Å². The van der Waals surface area contributed by atoms with E-state index in [1.165, 1.54) is 6.92 Å². The lowest BCUT2D eigenvalue weighted by atomic mass is 10.3. The van der Waals surface area contributed by atoms with Crippen LogP contribution in [0.25, 0.3) is 0 Å². The molecule has 1 heterocycles. The maximum absolute atomic E-state index is 12.2. The van der Waals surface area contributed by atoms with Gasteiger partial charge >= 0.3 is 6.18 Å². The lowest BCUT2D eigenvalue weighted by Crippen LogP contribution is -2.31. The maximum atomic E-state index is 12.2. The lowest BCUT2D eigenvalue weighted by molar-refractivity contribution is -0.142. The van der Waals surface area contributed by atoms with Gasteiger partial charge in [-0.05, 0) is 19.9 Å². The van der Waals surface area contributed by atoms with Crippen LogP contribution >= 0.6 is 0 Å². The molecule has 7 heteroatoms. The second-order valence-corrected chi connectivity index (χ2v) is 3.25. The zero-order valence-corrected chi connectivity index (χ0v) is 8.88. The molecule has 0 aliphatic rings. The molecule has 0 aliphatic heterocycles. The molecule has 1 amide bonds. The van der Waals surface area contributed by atoms with Crippen LogP contribution in [0.5, 0.6) is 0 Å². The SMILES string of the molecule is CCNC(=O)C(C)n1ccc(C(F)(F)F)n1. The summed E-state index contributed by atoms with van der Waals surface area (Å²) in [4.78, 5) is 11.3. The van der Waals surface area contributed by atoms with Gasteiger partial charge in [-0.15, -0.1) is 0 Å². The summed E-state index contributed by atoms with van der Waals surface area (Å²) < 4.78 is 37.7. The van der Waals surface area contributed by atoms with E-state index >= 15 is 0 Å². The molecule has 1 N–H and O–H groups in total. The van der Waals surface area contributed by atoms with Crippen LogP contribution in [-0.2, 0) is 11.0 Å². The molecule has 0 fully saturated rings. The minimum absolute atomic E-state index is 0.362. The Morgan fingerprint density at radius 3 is 2.69 bits per heavy atom. The molecule has 1 unspecified atom stereocenters. The first-order chi connectivity index (χ1) is 7.36. The number of aromatic nitrogens is 2. The summed E-state index contributed by atoms with van der Waals surface area (Å²) in [6.45, 7) is 3.64. The second-order valence-electron chi connectivity index (χ2n) is 3.25. The number of nitrogens with one attached hydrogen (secondary N) is 1. The number of alkyl halides is 3. The van der Waals surface area contributed by atoms with Gasteiger partial charge in [-0.2, -0.15) is 18.3 Å². The van der Waals surface area contributed by atoms with E-state index in [-0.39, 0.29) is 5.91 Å². The molecule has 4 nitrogen and oxygen atoms in total. The summed E-state index contributed by atoms with van der Waals surface area (Å²) in [5, 5.41) is 5.83. The molecule has 0 spiro atoms. The van der Waals surface area contributed by atoms with Crippen molar-refractivity contribution in [1.29, 1.82) is 0 Å². The highest BCUT2D eigenvalue weighted by molar-refractivity contribution is 5.79. The number of halogens is 3. The monoisotopic (exact) mass is 235 g/mol. The minimum atomic E-state index is -4.48. The summed E-state index contributed by atoms with van der Waals surface area (Å²) in [6, 6.07) is 0.0893.